The molecule has 1 aromatic rings. The molecule has 0 radical (unpaired) electrons. The molecule has 23 heavy (non-hydrogen) atoms. The van der Waals surface area contributed by atoms with E-state index in [0.717, 1.165) is 25.3 Å². The fraction of sp³-hybridized carbons (Fsp3) is 0.650. The second-order valence-corrected chi connectivity index (χ2v) is 7.77. The van der Waals surface area contributed by atoms with E-state index in [4.69, 9.17) is 0 Å². The average molecular weight is 337 g/mol. The molecular formula is C20H33ClN2. The smallest absolute Gasteiger partial charge is 0.101 e. The third-order valence-corrected chi connectivity index (χ3v) is 4.83. The van der Waals surface area contributed by atoms with Crippen LogP contribution < -0.4 is 5.32 Å². The Morgan fingerprint density at radius 3 is 2.22 bits per heavy atom. The van der Waals surface area contributed by atoms with Gasteiger partial charge in [0.25, 0.3) is 0 Å². The zero-order valence-corrected chi connectivity index (χ0v) is 16.4. The van der Waals surface area contributed by atoms with E-state index in [1.807, 2.05) is 0 Å². The molecule has 1 N–H and O–H groups in total. The third kappa shape index (κ3) is 4.97. The molecule has 1 aliphatic rings. The molecule has 0 saturated carbocycles. The Labute approximate surface area is 148 Å². The summed E-state index contributed by atoms with van der Waals surface area (Å²) in [5.74, 6) is 1.78. The van der Waals surface area contributed by atoms with Gasteiger partial charge in [-0.3, -0.25) is 4.99 Å². The standard InChI is InChI=1S/C20H32N2.ClH/c1-7-8-18(20(4,5)6)16-11-14(2)17(15(3)12-16)13-19-21-9-10-22-19;/h11-12,18H,7-10,13H2,1-6H3,(H,21,22);1H. The Balaban J connectivity index is 0.00000264. The number of rotatable bonds is 5. The van der Waals surface area contributed by atoms with Crippen molar-refractivity contribution in [3.8, 4) is 0 Å². The van der Waals surface area contributed by atoms with Gasteiger partial charge in [0, 0.05) is 13.0 Å². The van der Waals surface area contributed by atoms with Crippen LogP contribution in [0.4, 0.5) is 0 Å². The van der Waals surface area contributed by atoms with E-state index in [1.54, 1.807) is 0 Å². The first-order chi connectivity index (χ1) is 10.3. The molecule has 0 bridgehead atoms. The number of nitrogens with one attached hydrogen (secondary N) is 1. The van der Waals surface area contributed by atoms with E-state index in [9.17, 15) is 0 Å². The highest BCUT2D eigenvalue weighted by atomic mass is 35.5. The van der Waals surface area contributed by atoms with Gasteiger partial charge in [-0.15, -0.1) is 12.4 Å². The summed E-state index contributed by atoms with van der Waals surface area (Å²) in [5.41, 5.74) is 6.09. The van der Waals surface area contributed by atoms with E-state index < -0.39 is 0 Å². The normalized spacial score (nSPS) is 15.7. The highest BCUT2D eigenvalue weighted by Crippen LogP contribution is 2.39. The number of amidine groups is 1. The highest BCUT2D eigenvalue weighted by molar-refractivity contribution is 5.86. The first-order valence-corrected chi connectivity index (χ1v) is 8.70. The van der Waals surface area contributed by atoms with Gasteiger partial charge in [-0.05, 0) is 53.9 Å². The molecule has 130 valence electrons. The summed E-state index contributed by atoms with van der Waals surface area (Å²) in [6.45, 7) is 15.8. The van der Waals surface area contributed by atoms with Gasteiger partial charge in [-0.2, -0.15) is 0 Å². The maximum atomic E-state index is 4.54. The molecule has 0 amide bonds. The van der Waals surface area contributed by atoms with E-state index in [2.05, 4.69) is 64.0 Å². The zero-order chi connectivity index (χ0) is 16.3. The third-order valence-electron chi connectivity index (χ3n) is 4.83. The molecule has 1 aliphatic heterocycles. The van der Waals surface area contributed by atoms with Crippen LogP contribution in [0.2, 0.25) is 0 Å². The predicted molar refractivity (Wildman–Crippen MR) is 104 cm³/mol. The number of nitrogens with zero attached hydrogens (tertiary/aromatic N) is 1. The van der Waals surface area contributed by atoms with Crippen LogP contribution in [0.25, 0.3) is 0 Å². The molecule has 0 spiro atoms. The Morgan fingerprint density at radius 1 is 1.17 bits per heavy atom. The number of hydrogen-bond donors (Lipinski definition) is 1. The van der Waals surface area contributed by atoms with Crippen molar-refractivity contribution in [3.63, 3.8) is 0 Å². The van der Waals surface area contributed by atoms with Crippen molar-refractivity contribution in [2.45, 2.75) is 66.7 Å². The summed E-state index contributed by atoms with van der Waals surface area (Å²) in [6.07, 6.45) is 3.45. The quantitative estimate of drug-likeness (QED) is 0.785. The SMILES string of the molecule is CCCC(c1cc(C)c(CC2=NCCN2)c(C)c1)C(C)(C)C.Cl. The molecule has 0 aliphatic carbocycles. The van der Waals surface area contributed by atoms with Crippen LogP contribution in [0.3, 0.4) is 0 Å². The minimum Gasteiger partial charge on any atom is -0.372 e. The molecule has 1 aromatic carbocycles. The van der Waals surface area contributed by atoms with Gasteiger partial charge in [0.05, 0.1) is 6.54 Å². The van der Waals surface area contributed by atoms with Crippen molar-refractivity contribution in [2.24, 2.45) is 10.4 Å². The zero-order valence-electron chi connectivity index (χ0n) is 15.6. The van der Waals surface area contributed by atoms with E-state index >= 15 is 0 Å². The minimum absolute atomic E-state index is 0. The fourth-order valence-corrected chi connectivity index (χ4v) is 3.63. The van der Waals surface area contributed by atoms with E-state index in [-0.39, 0.29) is 12.4 Å². The van der Waals surface area contributed by atoms with Crippen LogP contribution in [-0.2, 0) is 6.42 Å². The van der Waals surface area contributed by atoms with Gasteiger partial charge >= 0.3 is 0 Å². The van der Waals surface area contributed by atoms with Crippen LogP contribution in [-0.4, -0.2) is 18.9 Å². The van der Waals surface area contributed by atoms with E-state index in [1.165, 1.54) is 35.1 Å². The lowest BCUT2D eigenvalue weighted by Crippen LogP contribution is -2.22. The van der Waals surface area contributed by atoms with Crippen LogP contribution in [0.5, 0.6) is 0 Å². The first-order valence-electron chi connectivity index (χ1n) is 8.70. The number of hydrogen-bond acceptors (Lipinski definition) is 2. The first kappa shape index (κ1) is 20.0. The van der Waals surface area contributed by atoms with Crippen molar-refractivity contribution in [1.29, 1.82) is 0 Å². The maximum absolute atomic E-state index is 4.54. The largest absolute Gasteiger partial charge is 0.372 e. The van der Waals surface area contributed by atoms with Crippen molar-refractivity contribution in [3.05, 3.63) is 34.4 Å². The van der Waals surface area contributed by atoms with Crippen molar-refractivity contribution in [1.82, 2.24) is 5.32 Å². The lowest BCUT2D eigenvalue weighted by Gasteiger charge is -2.32. The summed E-state index contributed by atoms with van der Waals surface area (Å²) in [5, 5.41) is 3.39. The summed E-state index contributed by atoms with van der Waals surface area (Å²) in [4.78, 5) is 4.54. The molecule has 3 heteroatoms. The van der Waals surface area contributed by atoms with Crippen molar-refractivity contribution in [2.75, 3.05) is 13.1 Å². The van der Waals surface area contributed by atoms with Crippen LogP contribution in [0, 0.1) is 19.3 Å². The summed E-state index contributed by atoms with van der Waals surface area (Å²) < 4.78 is 0. The Kier molecular flexibility index (Phi) is 7.13. The lowest BCUT2D eigenvalue weighted by atomic mass is 9.73. The van der Waals surface area contributed by atoms with Gasteiger partial charge in [-0.25, -0.2) is 0 Å². The number of aryl methyl sites for hydroxylation is 2. The van der Waals surface area contributed by atoms with Gasteiger partial charge in [0.1, 0.15) is 5.84 Å². The Bertz CT molecular complexity index is 532. The molecule has 2 nitrogen and oxygen atoms in total. The minimum atomic E-state index is 0. The highest BCUT2D eigenvalue weighted by Gasteiger charge is 2.26. The number of benzene rings is 1. The monoisotopic (exact) mass is 336 g/mol. The predicted octanol–water partition coefficient (Wildman–Crippen LogP) is 5.20. The number of aliphatic imine (C=N–C) groups is 1. The fourth-order valence-electron chi connectivity index (χ4n) is 3.63. The molecule has 1 heterocycles. The molecule has 0 fully saturated rings. The van der Waals surface area contributed by atoms with Gasteiger partial charge < -0.3 is 5.32 Å². The van der Waals surface area contributed by atoms with Gasteiger partial charge in [0.2, 0.25) is 0 Å². The number of halogens is 1. The molecule has 1 atom stereocenters. The average Bonchev–Trinajstić information content (AvgIpc) is 2.91. The molecular weight excluding hydrogens is 304 g/mol. The second-order valence-electron chi connectivity index (χ2n) is 7.77. The molecule has 0 aromatic heterocycles. The topological polar surface area (TPSA) is 24.4 Å². The Hall–Kier alpha value is -1.02. The Morgan fingerprint density at radius 2 is 1.78 bits per heavy atom. The van der Waals surface area contributed by atoms with Crippen LogP contribution >= 0.6 is 12.4 Å². The van der Waals surface area contributed by atoms with Crippen molar-refractivity contribution >= 4 is 18.2 Å². The molecule has 1 unspecified atom stereocenters. The van der Waals surface area contributed by atoms with Crippen LogP contribution in [0.15, 0.2) is 17.1 Å². The van der Waals surface area contributed by atoms with Crippen molar-refractivity contribution < 1.29 is 0 Å². The van der Waals surface area contributed by atoms with Gasteiger partial charge in [0.15, 0.2) is 0 Å². The molecule has 2 rings (SSSR count). The second kappa shape index (κ2) is 8.19. The van der Waals surface area contributed by atoms with Gasteiger partial charge in [-0.1, -0.05) is 46.2 Å². The summed E-state index contributed by atoms with van der Waals surface area (Å²) >= 11 is 0. The molecule has 0 saturated heterocycles. The summed E-state index contributed by atoms with van der Waals surface area (Å²) in [6, 6.07) is 4.84. The van der Waals surface area contributed by atoms with E-state index in [0.29, 0.717) is 11.3 Å². The van der Waals surface area contributed by atoms with Crippen LogP contribution in [0.1, 0.15) is 68.7 Å². The lowest BCUT2D eigenvalue weighted by molar-refractivity contribution is 0.303. The maximum Gasteiger partial charge on any atom is 0.101 e. The summed E-state index contributed by atoms with van der Waals surface area (Å²) in [7, 11) is 0.